The molecule has 0 saturated carbocycles. The third kappa shape index (κ3) is 4.28. The van der Waals surface area contributed by atoms with Crippen LogP contribution in [0.4, 0.5) is 4.79 Å². The summed E-state index contributed by atoms with van der Waals surface area (Å²) in [7, 11) is 0. The maximum atomic E-state index is 13.6. The van der Waals surface area contributed by atoms with Crippen LogP contribution in [-0.2, 0) is 11.3 Å². The molecule has 0 radical (unpaired) electrons. The van der Waals surface area contributed by atoms with Crippen molar-refractivity contribution < 1.29 is 28.7 Å². The first-order valence-electron chi connectivity index (χ1n) is 14.0. The molecule has 45 heavy (non-hydrogen) atoms. The number of thiophene rings is 2. The van der Waals surface area contributed by atoms with Gasteiger partial charge >= 0.3 is 6.09 Å². The molecule has 0 amide bonds. The Morgan fingerprint density at radius 1 is 0.600 bits per heavy atom. The van der Waals surface area contributed by atoms with E-state index in [2.05, 4.69) is 0 Å². The minimum atomic E-state index is -0.603. The zero-order chi connectivity index (χ0) is 30.8. The minimum Gasteiger partial charge on any atom is -0.444 e. The number of hydrogen-bond acceptors (Lipinski definition) is 8. The van der Waals surface area contributed by atoms with E-state index >= 15 is 0 Å². The van der Waals surface area contributed by atoms with E-state index in [0.717, 1.165) is 15.0 Å². The van der Waals surface area contributed by atoms with E-state index in [1.807, 2.05) is 30.3 Å². The zero-order valence-electron chi connectivity index (χ0n) is 23.2. The van der Waals surface area contributed by atoms with Crippen molar-refractivity contribution in [3.63, 3.8) is 0 Å². The lowest BCUT2D eigenvalue weighted by Gasteiger charge is -2.07. The Bertz CT molecular complexity index is 2150. The smallest absolute Gasteiger partial charge is 0.419 e. The van der Waals surface area contributed by atoms with Gasteiger partial charge in [0.2, 0.25) is 0 Å². The summed E-state index contributed by atoms with van der Waals surface area (Å²) >= 11 is 2.68. The number of ketones is 4. The number of nitrogens with zero attached hydrogens (tertiary/aromatic N) is 1. The van der Waals surface area contributed by atoms with Crippen LogP contribution in [0.15, 0.2) is 102 Å². The number of carbonyl (C=O) groups is 5. The molecule has 0 N–H and O–H groups in total. The lowest BCUT2D eigenvalue weighted by molar-refractivity contribution is 0.0975. The average molecular weight is 626 g/mol. The predicted molar refractivity (Wildman–Crippen MR) is 173 cm³/mol. The topological polar surface area (TPSA) is 99.5 Å². The molecule has 0 aliphatic heterocycles. The molecule has 7 nitrogen and oxygen atoms in total. The number of fused-ring (bicyclic) bond motifs is 5. The predicted octanol–water partition coefficient (Wildman–Crippen LogP) is 8.03. The first kappa shape index (κ1) is 27.1. The standard InChI is InChI=1S/C36H19NO6S2/c38-30-22-10-4-5-11-23(22)31(39)26(30)14-20-16-28-34(44-20)35-29(37(28)36(42)43-18-19-8-2-1-3-9-19)17-21(45-35)15-27-32(40)24-12-6-7-13-25(24)33(27)41/h1-17H,18H2. The van der Waals surface area contributed by atoms with Gasteiger partial charge in [-0.2, -0.15) is 0 Å². The highest BCUT2D eigenvalue weighted by Gasteiger charge is 2.34. The van der Waals surface area contributed by atoms with Crippen LogP contribution < -0.4 is 0 Å². The fourth-order valence-corrected chi connectivity index (χ4v) is 8.12. The summed E-state index contributed by atoms with van der Waals surface area (Å²) in [5.41, 5.74) is 3.62. The number of rotatable bonds is 4. The van der Waals surface area contributed by atoms with Crippen LogP contribution in [0.1, 0.15) is 56.7 Å². The highest BCUT2D eigenvalue weighted by Crippen LogP contribution is 2.42. The SMILES string of the molecule is O=C1C(=Cc2cc3c(s2)c2sc(C=C4C(=O)c5ccccc5C4=O)cc2n3C(=O)OCc2ccccc2)C(=O)c2ccccc21. The lowest BCUT2D eigenvalue weighted by atomic mass is 10.1. The summed E-state index contributed by atoms with van der Waals surface area (Å²) in [5, 5.41) is 0. The zero-order valence-corrected chi connectivity index (χ0v) is 24.9. The van der Waals surface area contributed by atoms with Gasteiger partial charge in [0.15, 0.2) is 23.1 Å². The van der Waals surface area contributed by atoms with Crippen molar-refractivity contribution in [3.8, 4) is 0 Å². The van der Waals surface area contributed by atoms with Crippen LogP contribution in [0.25, 0.3) is 32.6 Å². The van der Waals surface area contributed by atoms with Crippen molar-refractivity contribution in [2.24, 2.45) is 0 Å². The number of carbonyl (C=O) groups excluding carboxylic acids is 5. The van der Waals surface area contributed by atoms with Crippen LogP contribution in [0.5, 0.6) is 0 Å². The van der Waals surface area contributed by atoms with Crippen molar-refractivity contribution >= 4 is 84.5 Å². The molecule has 216 valence electrons. The largest absolute Gasteiger partial charge is 0.444 e. The first-order valence-corrected chi connectivity index (χ1v) is 15.6. The molecule has 3 aromatic carbocycles. The second-order valence-corrected chi connectivity index (χ2v) is 12.8. The molecule has 3 aromatic heterocycles. The molecule has 0 unspecified atom stereocenters. The van der Waals surface area contributed by atoms with Gasteiger partial charge in [-0.1, -0.05) is 78.9 Å². The third-order valence-electron chi connectivity index (χ3n) is 7.92. The molecule has 2 aliphatic rings. The Kier molecular flexibility index (Phi) is 6.19. The van der Waals surface area contributed by atoms with E-state index in [4.69, 9.17) is 4.74 Å². The summed E-state index contributed by atoms with van der Waals surface area (Å²) in [6.45, 7) is 0.0610. The first-order chi connectivity index (χ1) is 21.9. The van der Waals surface area contributed by atoms with E-state index < -0.39 is 6.09 Å². The Labute approximate surface area is 263 Å². The van der Waals surface area contributed by atoms with Gasteiger partial charge in [-0.05, 0) is 29.8 Å². The molecule has 6 aromatic rings. The van der Waals surface area contributed by atoms with Gasteiger partial charge in [-0.3, -0.25) is 19.2 Å². The van der Waals surface area contributed by atoms with Gasteiger partial charge in [0.25, 0.3) is 0 Å². The van der Waals surface area contributed by atoms with Crippen molar-refractivity contribution in [3.05, 3.63) is 140 Å². The molecule has 8 rings (SSSR count). The molecule has 0 fully saturated rings. The van der Waals surface area contributed by atoms with Crippen LogP contribution in [0, 0.1) is 0 Å². The number of allylic oxidation sites excluding steroid dienone is 2. The van der Waals surface area contributed by atoms with Gasteiger partial charge in [0.05, 0.1) is 31.6 Å². The molecule has 9 heteroatoms. The van der Waals surface area contributed by atoms with E-state index in [-0.39, 0.29) is 40.9 Å². The van der Waals surface area contributed by atoms with Gasteiger partial charge < -0.3 is 4.74 Å². The van der Waals surface area contributed by atoms with Gasteiger partial charge in [0.1, 0.15) is 6.61 Å². The lowest BCUT2D eigenvalue weighted by Crippen LogP contribution is -2.13. The van der Waals surface area contributed by atoms with Crippen molar-refractivity contribution in [1.82, 2.24) is 4.57 Å². The normalized spacial score (nSPS) is 14.0. The molecule has 0 atom stereocenters. The van der Waals surface area contributed by atoms with E-state index in [1.54, 1.807) is 72.8 Å². The van der Waals surface area contributed by atoms with Crippen molar-refractivity contribution in [2.75, 3.05) is 0 Å². The van der Waals surface area contributed by atoms with Crippen LogP contribution in [-0.4, -0.2) is 33.8 Å². The molecule has 0 spiro atoms. The Morgan fingerprint density at radius 2 is 1.00 bits per heavy atom. The average Bonchev–Trinajstić information content (AvgIpc) is 3.83. The molecular formula is C36H19NO6S2. The Hall–Kier alpha value is -5.51. The summed E-state index contributed by atoms with van der Waals surface area (Å²) in [6, 6.07) is 26.3. The van der Waals surface area contributed by atoms with Crippen LogP contribution in [0.2, 0.25) is 0 Å². The molecule has 0 saturated heterocycles. The minimum absolute atomic E-state index is 0.0610. The number of aromatic nitrogens is 1. The fourth-order valence-electron chi connectivity index (χ4n) is 5.80. The summed E-state index contributed by atoms with van der Waals surface area (Å²) in [6.07, 6.45) is 2.54. The van der Waals surface area contributed by atoms with Crippen molar-refractivity contribution in [1.29, 1.82) is 0 Å². The number of Topliss-reactive ketones (excluding diaryl/α,β-unsaturated/α-hetero) is 4. The van der Waals surface area contributed by atoms with Crippen molar-refractivity contribution in [2.45, 2.75) is 6.61 Å². The number of ether oxygens (including phenoxy) is 1. The highest BCUT2D eigenvalue weighted by molar-refractivity contribution is 7.28. The molecular weight excluding hydrogens is 607 g/mol. The molecule has 2 aliphatic carbocycles. The molecule has 3 heterocycles. The highest BCUT2D eigenvalue weighted by atomic mass is 32.1. The maximum Gasteiger partial charge on any atom is 0.419 e. The molecule has 0 bridgehead atoms. The van der Waals surface area contributed by atoms with E-state index in [0.29, 0.717) is 43.0 Å². The summed E-state index contributed by atoms with van der Waals surface area (Å²) in [5.74, 6) is -1.33. The maximum absolute atomic E-state index is 13.6. The fraction of sp³-hybridized carbons (Fsp3) is 0.0278. The van der Waals surface area contributed by atoms with Gasteiger partial charge in [-0.15, -0.1) is 22.7 Å². The quantitative estimate of drug-likeness (QED) is 0.145. The number of hydrogen-bond donors (Lipinski definition) is 0. The third-order valence-corrected chi connectivity index (χ3v) is 10.2. The van der Waals surface area contributed by atoms with E-state index in [1.165, 1.54) is 27.2 Å². The summed E-state index contributed by atoms with van der Waals surface area (Å²) in [4.78, 5) is 67.1. The van der Waals surface area contributed by atoms with Gasteiger partial charge in [0, 0.05) is 32.0 Å². The van der Waals surface area contributed by atoms with E-state index in [9.17, 15) is 24.0 Å². The van der Waals surface area contributed by atoms with Gasteiger partial charge in [-0.25, -0.2) is 9.36 Å². The second-order valence-electron chi connectivity index (χ2n) is 10.6. The Balaban J connectivity index is 1.23. The second kappa shape index (κ2) is 10.3. The van der Waals surface area contributed by atoms with Crippen LogP contribution >= 0.6 is 22.7 Å². The summed E-state index contributed by atoms with van der Waals surface area (Å²) < 4.78 is 8.69. The number of benzene rings is 3. The monoisotopic (exact) mass is 625 g/mol. The Morgan fingerprint density at radius 3 is 1.42 bits per heavy atom. The van der Waals surface area contributed by atoms with Crippen LogP contribution in [0.3, 0.4) is 0 Å².